The Balaban J connectivity index is 1.81. The molecule has 0 bridgehead atoms. The molecule has 0 aromatic heterocycles. The van der Waals surface area contributed by atoms with Crippen LogP contribution >= 0.6 is 23.5 Å². The molecule has 0 radical (unpaired) electrons. The number of carboxylic acid groups (broad SMARTS) is 1. The van der Waals surface area contributed by atoms with E-state index in [0.717, 1.165) is 23.0 Å². The zero-order valence-electron chi connectivity index (χ0n) is 20.4. The van der Waals surface area contributed by atoms with Crippen molar-refractivity contribution in [1.29, 1.82) is 0 Å². The molecule has 2 N–H and O–H groups in total. The summed E-state index contributed by atoms with van der Waals surface area (Å²) in [5.41, 5.74) is 2.82. The van der Waals surface area contributed by atoms with Gasteiger partial charge in [-0.1, -0.05) is 61.2 Å². The van der Waals surface area contributed by atoms with E-state index in [4.69, 9.17) is 0 Å². The maximum Gasteiger partial charge on any atom is 0.327 e. The summed E-state index contributed by atoms with van der Waals surface area (Å²) in [4.78, 5) is 38.6. The summed E-state index contributed by atoms with van der Waals surface area (Å²) in [5, 5.41) is 12.1. The first kappa shape index (κ1) is 27.8. The molecule has 8 heteroatoms. The highest BCUT2D eigenvalue weighted by Crippen LogP contribution is 2.23. The summed E-state index contributed by atoms with van der Waals surface area (Å²) in [6.07, 6.45) is 0. The van der Waals surface area contributed by atoms with Crippen LogP contribution in [0.4, 0.5) is 5.69 Å². The van der Waals surface area contributed by atoms with Gasteiger partial charge in [-0.3, -0.25) is 9.59 Å². The molecule has 0 spiro atoms. The first-order chi connectivity index (χ1) is 16.0. The number of carbonyl (C=O) groups is 3. The van der Waals surface area contributed by atoms with E-state index in [-0.39, 0.29) is 28.1 Å². The van der Waals surface area contributed by atoms with Gasteiger partial charge in [0, 0.05) is 47.0 Å². The number of rotatable bonds is 11. The van der Waals surface area contributed by atoms with Crippen LogP contribution in [0.3, 0.4) is 0 Å². The lowest BCUT2D eigenvalue weighted by Gasteiger charge is -2.34. The van der Waals surface area contributed by atoms with Crippen LogP contribution in [0.2, 0.25) is 0 Å². The lowest BCUT2D eigenvalue weighted by Crippen LogP contribution is -2.45. The van der Waals surface area contributed by atoms with Crippen LogP contribution in [0.15, 0.2) is 54.6 Å². The van der Waals surface area contributed by atoms with Gasteiger partial charge in [-0.25, -0.2) is 4.79 Å². The molecule has 0 saturated carbocycles. The van der Waals surface area contributed by atoms with Gasteiger partial charge < -0.3 is 15.3 Å². The molecular formula is C26H34N2O4S2. The lowest BCUT2D eigenvalue weighted by atomic mass is 10.1. The Kier molecular flexibility index (Phi) is 10.5. The largest absolute Gasteiger partial charge is 0.480 e. The van der Waals surface area contributed by atoms with Crippen molar-refractivity contribution >= 4 is 46.2 Å². The minimum Gasteiger partial charge on any atom is -0.480 e. The molecule has 184 valence electrons. The first-order valence-electron chi connectivity index (χ1n) is 11.1. The number of carbonyl (C=O) groups excluding carboxylic acids is 2. The van der Waals surface area contributed by atoms with Gasteiger partial charge >= 0.3 is 5.97 Å². The van der Waals surface area contributed by atoms with Crippen LogP contribution in [0.5, 0.6) is 0 Å². The fourth-order valence-electron chi connectivity index (χ4n) is 2.92. The highest BCUT2D eigenvalue weighted by Gasteiger charge is 2.24. The molecule has 0 heterocycles. The van der Waals surface area contributed by atoms with E-state index in [2.05, 4.69) is 50.2 Å². The number of carboxylic acids is 1. The van der Waals surface area contributed by atoms with Gasteiger partial charge in [0.25, 0.3) is 0 Å². The first-order valence-corrected chi connectivity index (χ1v) is 13.3. The third-order valence-electron chi connectivity index (χ3n) is 5.42. The van der Waals surface area contributed by atoms with E-state index < -0.39 is 17.9 Å². The number of hydrogen-bond donors (Lipinski definition) is 2. The predicted octanol–water partition coefficient (Wildman–Crippen LogP) is 4.93. The average molecular weight is 503 g/mol. The standard InChI is InChI=1S/C26H34N2O4S2/c1-18(15-34-25(32)20-9-7-6-8-10-20)23(29)27-22(24(30)31)17-33-16-19-11-13-21(14-12-19)28(5)26(2,3)4/h6-14,18,22H,15-17H2,1-5H3,(H,27,29)(H,30,31)/t18?,22-/m0/s1. The van der Waals surface area contributed by atoms with Crippen molar-refractivity contribution in [2.24, 2.45) is 5.92 Å². The molecule has 2 aromatic carbocycles. The van der Waals surface area contributed by atoms with Crippen LogP contribution < -0.4 is 10.2 Å². The molecule has 2 atom stereocenters. The Morgan fingerprint density at radius 2 is 1.62 bits per heavy atom. The predicted molar refractivity (Wildman–Crippen MR) is 143 cm³/mol. The Hall–Kier alpha value is -2.45. The third-order valence-corrected chi connectivity index (χ3v) is 7.69. The van der Waals surface area contributed by atoms with Gasteiger partial charge in [0.1, 0.15) is 6.04 Å². The number of anilines is 1. The molecule has 2 rings (SSSR count). The molecule has 0 aliphatic rings. The number of benzene rings is 2. The van der Waals surface area contributed by atoms with Gasteiger partial charge in [0.2, 0.25) is 11.0 Å². The monoisotopic (exact) mass is 502 g/mol. The third kappa shape index (κ3) is 8.72. The topological polar surface area (TPSA) is 86.7 Å². The highest BCUT2D eigenvalue weighted by molar-refractivity contribution is 8.14. The minimum absolute atomic E-state index is 0.0215. The molecule has 2 aromatic rings. The van der Waals surface area contributed by atoms with E-state index in [1.165, 1.54) is 11.8 Å². The van der Waals surface area contributed by atoms with E-state index >= 15 is 0 Å². The fourth-order valence-corrected chi connectivity index (χ4v) is 4.78. The van der Waals surface area contributed by atoms with Crippen LogP contribution in [0, 0.1) is 5.92 Å². The number of hydrogen-bond acceptors (Lipinski definition) is 6. The Labute approximate surface area is 210 Å². The molecule has 0 fully saturated rings. The SMILES string of the molecule is CC(CSC(=O)c1ccccc1)C(=O)N[C@@H](CSCc1ccc(N(C)C(C)(C)C)cc1)C(=O)O. The van der Waals surface area contributed by atoms with Crippen LogP contribution in [0.1, 0.15) is 43.6 Å². The number of aliphatic carboxylic acids is 1. The van der Waals surface area contributed by atoms with Crippen LogP contribution in [-0.2, 0) is 15.3 Å². The van der Waals surface area contributed by atoms with E-state index in [1.807, 2.05) is 18.2 Å². The van der Waals surface area contributed by atoms with Crippen LogP contribution in [0.25, 0.3) is 0 Å². The molecule has 6 nitrogen and oxygen atoms in total. The second-order valence-electron chi connectivity index (χ2n) is 9.18. The average Bonchev–Trinajstić information content (AvgIpc) is 2.81. The summed E-state index contributed by atoms with van der Waals surface area (Å²) in [5.74, 6) is -0.728. The fraction of sp³-hybridized carbons (Fsp3) is 0.423. The summed E-state index contributed by atoms with van der Waals surface area (Å²) >= 11 is 2.53. The van der Waals surface area contributed by atoms with Crippen molar-refractivity contribution < 1.29 is 19.5 Å². The van der Waals surface area contributed by atoms with Gasteiger partial charge in [-0.2, -0.15) is 11.8 Å². The summed E-state index contributed by atoms with van der Waals surface area (Å²) in [6, 6.07) is 16.1. The van der Waals surface area contributed by atoms with Gasteiger partial charge in [0.15, 0.2) is 0 Å². The molecule has 1 unspecified atom stereocenters. The van der Waals surface area contributed by atoms with Gasteiger partial charge in [0.05, 0.1) is 0 Å². The normalized spacial score (nSPS) is 13.1. The van der Waals surface area contributed by atoms with Crippen molar-refractivity contribution in [3.8, 4) is 0 Å². The summed E-state index contributed by atoms with van der Waals surface area (Å²) < 4.78 is 0. The summed E-state index contributed by atoms with van der Waals surface area (Å²) in [7, 11) is 2.06. The van der Waals surface area contributed by atoms with Gasteiger partial charge in [-0.15, -0.1) is 0 Å². The molecule has 0 saturated heterocycles. The number of amides is 1. The highest BCUT2D eigenvalue weighted by atomic mass is 32.2. The van der Waals surface area contributed by atoms with Crippen molar-refractivity contribution in [2.45, 2.75) is 45.0 Å². The van der Waals surface area contributed by atoms with Gasteiger partial charge in [-0.05, 0) is 38.5 Å². The zero-order valence-corrected chi connectivity index (χ0v) is 22.0. The van der Waals surface area contributed by atoms with Crippen molar-refractivity contribution in [1.82, 2.24) is 5.32 Å². The number of thioether (sulfide) groups is 2. The second-order valence-corrected chi connectivity index (χ2v) is 11.2. The Morgan fingerprint density at radius 3 is 2.18 bits per heavy atom. The zero-order chi connectivity index (χ0) is 25.3. The maximum absolute atomic E-state index is 12.5. The molecule has 34 heavy (non-hydrogen) atoms. The number of nitrogens with one attached hydrogen (secondary N) is 1. The minimum atomic E-state index is -1.07. The molecular weight excluding hydrogens is 468 g/mol. The van der Waals surface area contributed by atoms with Crippen LogP contribution in [-0.4, -0.2) is 52.2 Å². The number of nitrogens with zero attached hydrogens (tertiary/aromatic N) is 1. The van der Waals surface area contributed by atoms with Crippen molar-refractivity contribution in [3.05, 3.63) is 65.7 Å². The second kappa shape index (κ2) is 12.9. The smallest absolute Gasteiger partial charge is 0.327 e. The Bertz CT molecular complexity index is 959. The van der Waals surface area contributed by atoms with Crippen molar-refractivity contribution in [3.63, 3.8) is 0 Å². The molecule has 0 aliphatic heterocycles. The van der Waals surface area contributed by atoms with Crippen molar-refractivity contribution in [2.75, 3.05) is 23.5 Å². The lowest BCUT2D eigenvalue weighted by molar-refractivity contribution is -0.141. The van der Waals surface area contributed by atoms with E-state index in [9.17, 15) is 19.5 Å². The van der Waals surface area contributed by atoms with E-state index in [0.29, 0.717) is 11.3 Å². The summed E-state index contributed by atoms with van der Waals surface area (Å²) in [6.45, 7) is 8.15. The molecule has 0 aliphatic carbocycles. The quantitative estimate of drug-likeness (QED) is 0.450. The van der Waals surface area contributed by atoms with E-state index in [1.54, 1.807) is 31.2 Å². The Morgan fingerprint density at radius 1 is 1.00 bits per heavy atom. The maximum atomic E-state index is 12.5. The molecule has 1 amide bonds.